The van der Waals surface area contributed by atoms with Gasteiger partial charge in [0.25, 0.3) is 6.47 Å². The van der Waals surface area contributed by atoms with Gasteiger partial charge in [0.15, 0.2) is 11.8 Å². The van der Waals surface area contributed by atoms with E-state index in [1.54, 1.807) is 12.1 Å². The lowest BCUT2D eigenvalue weighted by atomic mass is 9.90. The van der Waals surface area contributed by atoms with E-state index in [1.807, 2.05) is 12.1 Å². The van der Waals surface area contributed by atoms with E-state index in [9.17, 15) is 14.9 Å². The van der Waals surface area contributed by atoms with Crippen LogP contribution >= 0.6 is 15.9 Å². The van der Waals surface area contributed by atoms with E-state index >= 15 is 0 Å². The minimum absolute atomic E-state index is 0.0575. The van der Waals surface area contributed by atoms with Gasteiger partial charge in [-0.3, -0.25) is 14.9 Å². The maximum atomic E-state index is 11.8. The number of halogens is 1. The Morgan fingerprint density at radius 3 is 2.68 bits per heavy atom. The lowest BCUT2D eigenvalue weighted by Gasteiger charge is -2.25. The SMILES string of the molecule is O=COC(CC1CCNCC1)c1ncnc(Nc2ccc(Br)cc2)c1[N+](=O)[O-]. The summed E-state index contributed by atoms with van der Waals surface area (Å²) >= 11 is 3.35. The first-order chi connectivity index (χ1) is 13.6. The summed E-state index contributed by atoms with van der Waals surface area (Å²) in [5.74, 6) is 0.353. The average molecular weight is 450 g/mol. The van der Waals surface area contributed by atoms with Crippen molar-refractivity contribution in [2.24, 2.45) is 5.92 Å². The number of carbonyl (C=O) groups excluding carboxylic acids is 1. The van der Waals surface area contributed by atoms with Crippen LogP contribution in [0.25, 0.3) is 0 Å². The number of anilines is 2. The van der Waals surface area contributed by atoms with E-state index in [0.29, 0.717) is 24.5 Å². The van der Waals surface area contributed by atoms with Crippen molar-refractivity contribution in [1.29, 1.82) is 0 Å². The third kappa shape index (κ3) is 5.02. The number of nitro groups is 1. The molecular formula is C18H20BrN5O4. The van der Waals surface area contributed by atoms with Crippen LogP contribution in [-0.2, 0) is 9.53 Å². The van der Waals surface area contributed by atoms with Gasteiger partial charge in [-0.25, -0.2) is 9.97 Å². The lowest BCUT2D eigenvalue weighted by molar-refractivity contribution is -0.385. The highest BCUT2D eigenvalue weighted by Gasteiger charge is 2.32. The fraction of sp³-hybridized carbons (Fsp3) is 0.389. The molecule has 3 rings (SSSR count). The fourth-order valence-electron chi connectivity index (χ4n) is 3.29. The number of aromatic nitrogens is 2. The van der Waals surface area contributed by atoms with E-state index in [2.05, 4.69) is 36.5 Å². The number of nitrogens with one attached hydrogen (secondary N) is 2. The number of rotatable bonds is 8. The van der Waals surface area contributed by atoms with Crippen LogP contribution in [0, 0.1) is 16.0 Å². The van der Waals surface area contributed by atoms with Gasteiger partial charge in [-0.1, -0.05) is 15.9 Å². The predicted molar refractivity (Wildman–Crippen MR) is 106 cm³/mol. The molecule has 0 aliphatic carbocycles. The van der Waals surface area contributed by atoms with Crippen molar-refractivity contribution in [2.45, 2.75) is 25.4 Å². The third-order valence-electron chi connectivity index (χ3n) is 4.67. The minimum atomic E-state index is -0.797. The van der Waals surface area contributed by atoms with Crippen LogP contribution in [0.5, 0.6) is 0 Å². The second-order valence-electron chi connectivity index (χ2n) is 6.50. The molecule has 148 valence electrons. The first-order valence-electron chi connectivity index (χ1n) is 8.90. The maximum Gasteiger partial charge on any atom is 0.336 e. The highest BCUT2D eigenvalue weighted by molar-refractivity contribution is 9.10. The Morgan fingerprint density at radius 2 is 2.04 bits per heavy atom. The van der Waals surface area contributed by atoms with Crippen molar-refractivity contribution in [3.8, 4) is 0 Å². The number of piperidine rings is 1. The monoisotopic (exact) mass is 449 g/mol. The summed E-state index contributed by atoms with van der Waals surface area (Å²) in [6.07, 6.45) is 2.77. The van der Waals surface area contributed by atoms with Crippen LogP contribution in [0.15, 0.2) is 35.1 Å². The van der Waals surface area contributed by atoms with Crippen LogP contribution in [0.2, 0.25) is 0 Å². The molecule has 2 N–H and O–H groups in total. The van der Waals surface area contributed by atoms with Crippen LogP contribution < -0.4 is 10.6 Å². The molecule has 0 amide bonds. The van der Waals surface area contributed by atoms with Gasteiger partial charge in [0, 0.05) is 10.2 Å². The van der Waals surface area contributed by atoms with Gasteiger partial charge >= 0.3 is 5.69 Å². The van der Waals surface area contributed by atoms with E-state index in [0.717, 1.165) is 30.4 Å². The molecule has 2 heterocycles. The molecule has 1 fully saturated rings. The lowest BCUT2D eigenvalue weighted by Crippen LogP contribution is -2.29. The molecule has 28 heavy (non-hydrogen) atoms. The molecule has 0 bridgehead atoms. The van der Waals surface area contributed by atoms with Gasteiger partial charge in [0.05, 0.1) is 4.92 Å². The average Bonchev–Trinajstić information content (AvgIpc) is 2.70. The molecule has 0 saturated carbocycles. The standard InChI is InChI=1S/C18H20BrN5O4/c19-13-1-3-14(4-2-13)23-18-17(24(26)27)16(21-10-22-18)15(28-11-25)9-12-5-7-20-8-6-12/h1-4,10-12,15,20H,5-9H2,(H,21,22,23). The molecule has 1 aromatic carbocycles. The Balaban J connectivity index is 1.92. The van der Waals surface area contributed by atoms with Gasteiger partial charge < -0.3 is 15.4 Å². The number of ether oxygens (including phenoxy) is 1. The Bertz CT molecular complexity index is 827. The molecular weight excluding hydrogens is 430 g/mol. The van der Waals surface area contributed by atoms with Crippen molar-refractivity contribution in [1.82, 2.24) is 15.3 Å². The Labute approximate surface area is 170 Å². The van der Waals surface area contributed by atoms with Crippen LogP contribution in [0.4, 0.5) is 17.2 Å². The molecule has 1 saturated heterocycles. The molecule has 9 nitrogen and oxygen atoms in total. The molecule has 1 aliphatic heterocycles. The second kappa shape index (κ2) is 9.56. The van der Waals surface area contributed by atoms with Crippen molar-refractivity contribution >= 4 is 39.6 Å². The van der Waals surface area contributed by atoms with Crippen molar-refractivity contribution in [3.05, 3.63) is 50.9 Å². The van der Waals surface area contributed by atoms with Gasteiger partial charge in [0.1, 0.15) is 6.33 Å². The highest BCUT2D eigenvalue weighted by Crippen LogP contribution is 2.36. The van der Waals surface area contributed by atoms with E-state index in [1.165, 1.54) is 6.33 Å². The molecule has 1 atom stereocenters. The maximum absolute atomic E-state index is 11.8. The molecule has 10 heteroatoms. The van der Waals surface area contributed by atoms with E-state index in [-0.39, 0.29) is 17.2 Å². The zero-order chi connectivity index (χ0) is 19.9. The van der Waals surface area contributed by atoms with Crippen LogP contribution in [0.1, 0.15) is 31.1 Å². The zero-order valence-electron chi connectivity index (χ0n) is 15.0. The summed E-state index contributed by atoms with van der Waals surface area (Å²) < 4.78 is 6.10. The molecule has 0 radical (unpaired) electrons. The van der Waals surface area contributed by atoms with Crippen molar-refractivity contribution in [2.75, 3.05) is 18.4 Å². The minimum Gasteiger partial charge on any atom is -0.458 e. The first kappa shape index (κ1) is 20.2. The number of nitrogens with zero attached hydrogens (tertiary/aromatic N) is 3. The van der Waals surface area contributed by atoms with Crippen LogP contribution in [0.3, 0.4) is 0 Å². The van der Waals surface area contributed by atoms with Crippen molar-refractivity contribution in [3.63, 3.8) is 0 Å². The van der Waals surface area contributed by atoms with Gasteiger partial charge in [-0.05, 0) is 62.5 Å². The molecule has 2 aromatic rings. The summed E-state index contributed by atoms with van der Waals surface area (Å²) in [6, 6.07) is 7.16. The molecule has 1 aromatic heterocycles. The normalized spacial score (nSPS) is 15.6. The second-order valence-corrected chi connectivity index (χ2v) is 7.41. The summed E-state index contributed by atoms with van der Waals surface area (Å²) in [4.78, 5) is 30.5. The molecule has 1 unspecified atom stereocenters. The molecule has 1 aliphatic rings. The zero-order valence-corrected chi connectivity index (χ0v) is 16.6. The number of hydrogen-bond acceptors (Lipinski definition) is 8. The number of hydrogen-bond donors (Lipinski definition) is 2. The highest BCUT2D eigenvalue weighted by atomic mass is 79.9. The first-order valence-corrected chi connectivity index (χ1v) is 9.69. The molecule has 0 spiro atoms. The van der Waals surface area contributed by atoms with Gasteiger partial charge in [-0.15, -0.1) is 0 Å². The smallest absolute Gasteiger partial charge is 0.336 e. The fourth-order valence-corrected chi connectivity index (χ4v) is 3.55. The topological polar surface area (TPSA) is 119 Å². The summed E-state index contributed by atoms with van der Waals surface area (Å²) in [5.41, 5.74) is 0.457. The summed E-state index contributed by atoms with van der Waals surface area (Å²) in [7, 11) is 0. The van der Waals surface area contributed by atoms with Crippen molar-refractivity contribution < 1.29 is 14.5 Å². The number of benzene rings is 1. The predicted octanol–water partition coefficient (Wildman–Crippen LogP) is 3.49. The van der Waals surface area contributed by atoms with E-state index in [4.69, 9.17) is 4.74 Å². The Morgan fingerprint density at radius 1 is 1.32 bits per heavy atom. The van der Waals surface area contributed by atoms with Gasteiger partial charge in [0.2, 0.25) is 5.82 Å². The quantitative estimate of drug-likeness (QED) is 0.356. The van der Waals surface area contributed by atoms with E-state index < -0.39 is 11.0 Å². The third-order valence-corrected chi connectivity index (χ3v) is 5.20. The van der Waals surface area contributed by atoms with Crippen LogP contribution in [-0.4, -0.2) is 34.5 Å². The summed E-state index contributed by atoms with van der Waals surface area (Å²) in [5, 5.41) is 18.0. The van der Waals surface area contributed by atoms with Gasteiger partial charge in [-0.2, -0.15) is 0 Å². The Kier molecular flexibility index (Phi) is 6.88. The largest absolute Gasteiger partial charge is 0.458 e. The Hall–Kier alpha value is -2.59. The number of carbonyl (C=O) groups is 1. The summed E-state index contributed by atoms with van der Waals surface area (Å²) in [6.45, 7) is 2.07.